The molecule has 192 valence electrons. The summed E-state index contributed by atoms with van der Waals surface area (Å²) in [6, 6.07) is 16.1. The molecule has 37 heavy (non-hydrogen) atoms. The second-order valence-electron chi connectivity index (χ2n) is 9.43. The first kappa shape index (κ1) is 26.7. The summed E-state index contributed by atoms with van der Waals surface area (Å²) in [7, 11) is 0. The Bertz CT molecular complexity index is 1200. The van der Waals surface area contributed by atoms with Crippen molar-refractivity contribution < 1.29 is 14.4 Å². The van der Waals surface area contributed by atoms with Crippen molar-refractivity contribution in [3.8, 4) is 12.3 Å². The first-order valence-electron chi connectivity index (χ1n) is 12.6. The average Bonchev–Trinajstić information content (AvgIpc) is 2.90. The Labute approximate surface area is 223 Å². The van der Waals surface area contributed by atoms with E-state index in [-0.39, 0.29) is 30.5 Å². The molecule has 0 radical (unpaired) electrons. The zero-order valence-electron chi connectivity index (χ0n) is 20.7. The zero-order valence-corrected chi connectivity index (χ0v) is 21.4. The minimum Gasteiger partial charge on any atom is -0.330 e. The quantitative estimate of drug-likeness (QED) is 0.299. The molecule has 1 saturated carbocycles. The molecule has 2 aliphatic rings. The van der Waals surface area contributed by atoms with Crippen LogP contribution in [-0.4, -0.2) is 34.8 Å². The fourth-order valence-corrected chi connectivity index (χ4v) is 5.50. The Morgan fingerprint density at radius 3 is 2.65 bits per heavy atom. The molecular weight excluding hydrogens is 486 g/mol. The van der Waals surface area contributed by atoms with E-state index >= 15 is 0 Å². The van der Waals surface area contributed by atoms with Gasteiger partial charge in [-0.15, -0.1) is 6.42 Å². The van der Waals surface area contributed by atoms with Crippen molar-refractivity contribution in [2.24, 2.45) is 5.73 Å². The van der Waals surface area contributed by atoms with Crippen LogP contribution in [0.1, 0.15) is 59.5 Å². The molecule has 0 aromatic heterocycles. The van der Waals surface area contributed by atoms with Gasteiger partial charge in [-0.2, -0.15) is 0 Å². The van der Waals surface area contributed by atoms with Crippen LogP contribution in [0, 0.1) is 12.3 Å². The molecule has 1 aliphatic carbocycles. The van der Waals surface area contributed by atoms with Crippen LogP contribution in [0.3, 0.4) is 0 Å². The summed E-state index contributed by atoms with van der Waals surface area (Å²) in [6.07, 6.45) is 14.4. The Balaban J connectivity index is 1.67. The Hall–Kier alpha value is -3.37. The van der Waals surface area contributed by atoms with Gasteiger partial charge in [-0.1, -0.05) is 85.0 Å². The highest BCUT2D eigenvalue weighted by atomic mass is 35.5. The number of hydrogen-bond donors (Lipinski definition) is 2. The van der Waals surface area contributed by atoms with Gasteiger partial charge in [0.05, 0.1) is 18.6 Å². The van der Waals surface area contributed by atoms with Gasteiger partial charge in [-0.3, -0.25) is 14.4 Å². The van der Waals surface area contributed by atoms with Crippen LogP contribution in [0.25, 0.3) is 0 Å². The van der Waals surface area contributed by atoms with Gasteiger partial charge in [-0.05, 0) is 42.5 Å². The lowest BCUT2D eigenvalue weighted by Gasteiger charge is -2.48. The predicted molar refractivity (Wildman–Crippen MR) is 145 cm³/mol. The Kier molecular flexibility index (Phi) is 9.19. The van der Waals surface area contributed by atoms with Crippen LogP contribution in [0.4, 0.5) is 0 Å². The summed E-state index contributed by atoms with van der Waals surface area (Å²) in [5.74, 6) is 1.33. The average molecular weight is 518 g/mol. The maximum Gasteiger partial charge on any atom is 0.254 e. The molecule has 2 aromatic carbocycles. The zero-order chi connectivity index (χ0) is 26.2. The smallest absolute Gasteiger partial charge is 0.254 e. The number of terminal acetylenes is 1. The number of nitrogens with zero attached hydrogens (tertiary/aromatic N) is 1. The molecule has 4 rings (SSSR count). The van der Waals surface area contributed by atoms with Gasteiger partial charge >= 0.3 is 0 Å². The number of allylic oxidation sites excluding steroid dienone is 3. The third kappa shape index (κ3) is 6.31. The van der Waals surface area contributed by atoms with Gasteiger partial charge in [0.2, 0.25) is 0 Å². The van der Waals surface area contributed by atoms with Crippen LogP contribution >= 0.6 is 11.6 Å². The molecule has 2 amide bonds. The summed E-state index contributed by atoms with van der Waals surface area (Å²) in [4.78, 5) is 35.0. The number of carbonyl (C=O) groups excluding carboxylic acids is 2. The summed E-state index contributed by atoms with van der Waals surface area (Å²) in [5.41, 5.74) is 11.3. The summed E-state index contributed by atoms with van der Waals surface area (Å²) < 4.78 is 0. The summed E-state index contributed by atoms with van der Waals surface area (Å²) >= 11 is 6.17. The lowest BCUT2D eigenvalue weighted by molar-refractivity contribution is -0.138. The van der Waals surface area contributed by atoms with Gasteiger partial charge in [0.15, 0.2) is 0 Å². The van der Waals surface area contributed by atoms with Crippen LogP contribution < -0.4 is 11.2 Å². The van der Waals surface area contributed by atoms with E-state index in [2.05, 4.69) is 11.4 Å². The number of nitrogens with two attached hydrogens (primary N) is 1. The van der Waals surface area contributed by atoms with Crippen molar-refractivity contribution in [2.45, 2.75) is 62.8 Å². The predicted octanol–water partition coefficient (Wildman–Crippen LogP) is 4.81. The highest BCUT2D eigenvalue weighted by Crippen LogP contribution is 2.39. The number of amides is 2. The molecule has 1 aliphatic heterocycles. The minimum atomic E-state index is -0.654. The molecule has 0 saturated heterocycles. The first-order chi connectivity index (χ1) is 18.0. The normalized spacial score (nSPS) is 24.0. The second-order valence-corrected chi connectivity index (χ2v) is 9.87. The molecule has 6 nitrogen and oxygen atoms in total. The van der Waals surface area contributed by atoms with E-state index in [1.807, 2.05) is 59.5 Å². The van der Waals surface area contributed by atoms with E-state index in [1.54, 1.807) is 12.1 Å². The van der Waals surface area contributed by atoms with E-state index in [0.29, 0.717) is 22.6 Å². The molecule has 0 bridgehead atoms. The largest absolute Gasteiger partial charge is 0.330 e. The van der Waals surface area contributed by atoms with Crippen LogP contribution in [-0.2, 0) is 16.2 Å². The standard InChI is InChI=1S/C30H32ClN3O3/c1-2-11-22(31)14-10-19-27-28(29(35)33-37-20-21-12-4-3-5-13-21)23-15-6-7-16-24(23)30(36)34(27)26-18-9-8-17-25(26)32/h1,3-7,10-16,25-28H,8-9,17-20,32H2,(H,33,35)/b14-10-,22-11+/t25-,26-,27-,28+/m0/s1. The molecule has 3 N–H and O–H groups in total. The molecule has 7 heteroatoms. The van der Waals surface area contributed by atoms with Crippen LogP contribution in [0.15, 0.2) is 77.9 Å². The summed E-state index contributed by atoms with van der Waals surface area (Å²) in [6.45, 7) is 0.230. The molecular formula is C30H32ClN3O3. The van der Waals surface area contributed by atoms with Gasteiger partial charge in [-0.25, -0.2) is 5.48 Å². The maximum atomic E-state index is 13.9. The highest BCUT2D eigenvalue weighted by molar-refractivity contribution is 6.31. The number of benzene rings is 2. The van der Waals surface area contributed by atoms with Crippen molar-refractivity contribution in [3.63, 3.8) is 0 Å². The van der Waals surface area contributed by atoms with E-state index in [0.717, 1.165) is 31.2 Å². The van der Waals surface area contributed by atoms with E-state index in [4.69, 9.17) is 28.6 Å². The van der Waals surface area contributed by atoms with Crippen LogP contribution in [0.2, 0.25) is 0 Å². The SMILES string of the molecule is C#C/C=C(Cl)\C=C/C[C@H]1[C@H](C(=O)NOCc2ccccc2)c2ccccc2C(=O)N1[C@H]1CCCC[C@@H]1N. The number of fused-ring (bicyclic) bond motifs is 1. The molecule has 0 unspecified atom stereocenters. The van der Waals surface area contributed by atoms with E-state index in [1.165, 1.54) is 6.08 Å². The number of carbonyl (C=O) groups is 2. The van der Waals surface area contributed by atoms with Gasteiger partial charge in [0.1, 0.15) is 0 Å². The fourth-order valence-electron chi connectivity index (χ4n) is 5.34. The van der Waals surface area contributed by atoms with E-state index < -0.39 is 12.0 Å². The maximum absolute atomic E-state index is 13.9. The lowest BCUT2D eigenvalue weighted by atomic mass is 9.78. The fraction of sp³-hybridized carbons (Fsp3) is 0.333. The number of hydrogen-bond acceptors (Lipinski definition) is 4. The van der Waals surface area contributed by atoms with Crippen molar-refractivity contribution in [1.29, 1.82) is 0 Å². The third-order valence-electron chi connectivity index (χ3n) is 7.05. The second kappa shape index (κ2) is 12.7. The van der Waals surface area contributed by atoms with Crippen molar-refractivity contribution in [3.05, 3.63) is 94.5 Å². The van der Waals surface area contributed by atoms with Crippen LogP contribution in [0.5, 0.6) is 0 Å². The number of halogens is 1. The van der Waals surface area contributed by atoms with Gasteiger partial charge in [0.25, 0.3) is 11.8 Å². The summed E-state index contributed by atoms with van der Waals surface area (Å²) in [5, 5.41) is 0.401. The number of hydroxylamine groups is 1. The van der Waals surface area contributed by atoms with Crippen molar-refractivity contribution in [2.75, 3.05) is 0 Å². The molecule has 2 aromatic rings. The van der Waals surface area contributed by atoms with Gasteiger partial charge < -0.3 is 10.6 Å². The van der Waals surface area contributed by atoms with Crippen molar-refractivity contribution in [1.82, 2.24) is 10.4 Å². The third-order valence-corrected chi connectivity index (χ3v) is 7.29. The topological polar surface area (TPSA) is 84.7 Å². The Morgan fingerprint density at radius 1 is 1.16 bits per heavy atom. The molecule has 4 atom stereocenters. The Morgan fingerprint density at radius 2 is 1.89 bits per heavy atom. The number of rotatable bonds is 8. The minimum absolute atomic E-state index is 0.101. The van der Waals surface area contributed by atoms with Crippen molar-refractivity contribution >= 4 is 23.4 Å². The molecule has 1 fully saturated rings. The number of nitrogens with one attached hydrogen (secondary N) is 1. The van der Waals surface area contributed by atoms with Gasteiger partial charge in [0, 0.05) is 28.8 Å². The van der Waals surface area contributed by atoms with E-state index in [9.17, 15) is 9.59 Å². The highest BCUT2D eigenvalue weighted by Gasteiger charge is 2.46. The first-order valence-corrected chi connectivity index (χ1v) is 13.0. The monoisotopic (exact) mass is 517 g/mol. The lowest BCUT2D eigenvalue weighted by Crippen LogP contribution is -2.60. The molecule has 1 heterocycles. The molecule has 0 spiro atoms.